The van der Waals surface area contributed by atoms with E-state index >= 15 is 0 Å². The van der Waals surface area contributed by atoms with E-state index in [4.69, 9.17) is 9.05 Å². The first-order chi connectivity index (χ1) is 21.7. The van der Waals surface area contributed by atoms with Crippen molar-refractivity contribution < 1.29 is 13.6 Å². The lowest BCUT2D eigenvalue weighted by Crippen LogP contribution is -2.04. The van der Waals surface area contributed by atoms with Crippen molar-refractivity contribution in [2.75, 3.05) is 24.7 Å². The molecular formula is C39H76BrO3P. The van der Waals surface area contributed by atoms with E-state index in [1.165, 1.54) is 154 Å². The lowest BCUT2D eigenvalue weighted by molar-refractivity contribution is 0.197. The SMILES string of the molecule is CCCCCCCCC=CCCCCCCCCOP(=O)(CCCBr)OCCCCCCCCC=CCCCCCCCC. The number of allylic oxidation sites excluding steroid dienone is 4. The molecular weight excluding hydrogens is 627 g/mol. The average molecular weight is 704 g/mol. The molecule has 0 spiro atoms. The van der Waals surface area contributed by atoms with Crippen LogP contribution >= 0.6 is 23.5 Å². The normalized spacial score (nSPS) is 13.4. The van der Waals surface area contributed by atoms with Gasteiger partial charge in [-0.05, 0) is 70.6 Å². The summed E-state index contributed by atoms with van der Waals surface area (Å²) in [5, 5.41) is 0.839. The predicted octanol–water partition coefficient (Wildman–Crippen LogP) is 15.1. The maximum Gasteiger partial charge on any atom is 0.330 e. The van der Waals surface area contributed by atoms with Gasteiger partial charge in [0.2, 0.25) is 0 Å². The van der Waals surface area contributed by atoms with Gasteiger partial charge >= 0.3 is 7.60 Å². The Hall–Kier alpha value is 0.110. The van der Waals surface area contributed by atoms with Gasteiger partial charge in [0.05, 0.1) is 19.4 Å². The van der Waals surface area contributed by atoms with Gasteiger partial charge in [-0.1, -0.05) is 170 Å². The molecule has 0 heterocycles. The smallest absolute Gasteiger partial charge is 0.309 e. The molecule has 0 aliphatic carbocycles. The Kier molecular flexibility index (Phi) is 37.7. The Labute approximate surface area is 285 Å². The summed E-state index contributed by atoms with van der Waals surface area (Å²) in [5.74, 6) is 0. The highest BCUT2D eigenvalue weighted by molar-refractivity contribution is 9.09. The molecule has 262 valence electrons. The monoisotopic (exact) mass is 702 g/mol. The van der Waals surface area contributed by atoms with Crippen molar-refractivity contribution in [3.05, 3.63) is 24.3 Å². The highest BCUT2D eigenvalue weighted by Crippen LogP contribution is 2.49. The van der Waals surface area contributed by atoms with Crippen molar-refractivity contribution in [2.45, 2.75) is 200 Å². The molecule has 0 N–H and O–H groups in total. The van der Waals surface area contributed by atoms with E-state index in [1.807, 2.05) is 0 Å². The van der Waals surface area contributed by atoms with Gasteiger partial charge in [0.25, 0.3) is 0 Å². The number of halogens is 1. The third kappa shape index (κ3) is 35.0. The van der Waals surface area contributed by atoms with Crippen LogP contribution < -0.4 is 0 Å². The Morgan fingerprint density at radius 3 is 1.05 bits per heavy atom. The van der Waals surface area contributed by atoms with E-state index < -0.39 is 7.60 Å². The number of rotatable bonds is 37. The molecule has 0 aromatic heterocycles. The summed E-state index contributed by atoms with van der Waals surface area (Å²) in [5.41, 5.74) is 0. The zero-order chi connectivity index (χ0) is 32.1. The van der Waals surface area contributed by atoms with Crippen LogP contribution in [0.25, 0.3) is 0 Å². The lowest BCUT2D eigenvalue weighted by atomic mass is 10.1. The molecule has 0 aliphatic rings. The molecule has 0 saturated heterocycles. The fourth-order valence-corrected chi connectivity index (χ4v) is 7.93. The fraction of sp³-hybridized carbons (Fsp3) is 0.897. The van der Waals surface area contributed by atoms with Gasteiger partial charge in [-0.25, -0.2) is 0 Å². The summed E-state index contributed by atoms with van der Waals surface area (Å²) < 4.78 is 25.0. The van der Waals surface area contributed by atoms with Crippen LogP contribution in [0.5, 0.6) is 0 Å². The van der Waals surface area contributed by atoms with Crippen molar-refractivity contribution >= 4 is 23.5 Å². The molecule has 0 unspecified atom stereocenters. The Bertz CT molecular complexity index is 603. The van der Waals surface area contributed by atoms with Crippen LogP contribution in [-0.2, 0) is 13.6 Å². The molecule has 5 heteroatoms. The standard InChI is InChI=1S/C39H76BrO3P/c1-3-5-7-9-11-13-15-17-19-21-23-25-27-29-31-33-37-42-44(41,39-35-36-40)43-38-34-32-30-28-26-24-22-20-18-16-14-12-10-8-6-4-2/h17-20H,3-16,21-39H2,1-2H3. The van der Waals surface area contributed by atoms with E-state index in [0.717, 1.165) is 37.4 Å². The van der Waals surface area contributed by atoms with Gasteiger partial charge in [-0.3, -0.25) is 4.57 Å². The number of hydrogen-bond donors (Lipinski definition) is 0. The van der Waals surface area contributed by atoms with Gasteiger partial charge in [0, 0.05) is 5.33 Å². The van der Waals surface area contributed by atoms with Gasteiger partial charge in [-0.2, -0.15) is 0 Å². The molecule has 0 aromatic rings. The molecule has 0 bridgehead atoms. The first-order valence-corrected chi connectivity index (χ1v) is 22.3. The minimum absolute atomic E-state index is 0.525. The van der Waals surface area contributed by atoms with Crippen LogP contribution in [0.2, 0.25) is 0 Å². The molecule has 3 nitrogen and oxygen atoms in total. The third-order valence-corrected chi connectivity index (χ3v) is 11.0. The zero-order valence-electron chi connectivity index (χ0n) is 29.7. The van der Waals surface area contributed by atoms with E-state index in [1.54, 1.807) is 0 Å². The summed E-state index contributed by atoms with van der Waals surface area (Å²) in [6.45, 7) is 5.69. The maximum absolute atomic E-state index is 13.2. The van der Waals surface area contributed by atoms with Crippen LogP contribution in [-0.4, -0.2) is 24.7 Å². The van der Waals surface area contributed by atoms with E-state index in [-0.39, 0.29) is 0 Å². The highest BCUT2D eigenvalue weighted by atomic mass is 79.9. The number of hydrogen-bond acceptors (Lipinski definition) is 3. The highest BCUT2D eigenvalue weighted by Gasteiger charge is 2.23. The zero-order valence-corrected chi connectivity index (χ0v) is 32.2. The van der Waals surface area contributed by atoms with Crippen molar-refractivity contribution in [3.63, 3.8) is 0 Å². The van der Waals surface area contributed by atoms with Crippen LogP contribution in [0.15, 0.2) is 24.3 Å². The molecule has 0 amide bonds. The molecule has 0 atom stereocenters. The largest absolute Gasteiger partial charge is 0.330 e. The summed E-state index contributed by atoms with van der Waals surface area (Å²) in [7, 11) is -2.96. The van der Waals surface area contributed by atoms with Crippen LogP contribution in [0.1, 0.15) is 200 Å². The summed E-state index contributed by atoms with van der Waals surface area (Å²) >= 11 is 3.47. The molecule has 0 fully saturated rings. The topological polar surface area (TPSA) is 35.5 Å². The average Bonchev–Trinajstić information content (AvgIpc) is 3.03. The molecule has 0 saturated carbocycles. The Morgan fingerprint density at radius 2 is 0.727 bits per heavy atom. The minimum Gasteiger partial charge on any atom is -0.309 e. The predicted molar refractivity (Wildman–Crippen MR) is 202 cm³/mol. The van der Waals surface area contributed by atoms with Crippen LogP contribution in [0, 0.1) is 0 Å². The van der Waals surface area contributed by atoms with Crippen LogP contribution in [0.3, 0.4) is 0 Å². The van der Waals surface area contributed by atoms with Crippen molar-refractivity contribution in [1.29, 1.82) is 0 Å². The van der Waals surface area contributed by atoms with Crippen molar-refractivity contribution in [1.82, 2.24) is 0 Å². The number of alkyl halides is 1. The van der Waals surface area contributed by atoms with E-state index in [9.17, 15) is 4.57 Å². The summed E-state index contributed by atoms with van der Waals surface area (Å²) in [6, 6.07) is 0. The van der Waals surface area contributed by atoms with Gasteiger partial charge in [0.15, 0.2) is 0 Å². The van der Waals surface area contributed by atoms with Gasteiger partial charge < -0.3 is 9.05 Å². The molecule has 0 rings (SSSR count). The van der Waals surface area contributed by atoms with Gasteiger partial charge in [0.1, 0.15) is 0 Å². The van der Waals surface area contributed by atoms with Crippen molar-refractivity contribution in [3.8, 4) is 0 Å². The third-order valence-electron chi connectivity index (χ3n) is 8.45. The lowest BCUT2D eigenvalue weighted by Gasteiger charge is -2.18. The molecule has 44 heavy (non-hydrogen) atoms. The van der Waals surface area contributed by atoms with E-state index in [0.29, 0.717) is 19.4 Å². The Morgan fingerprint density at radius 1 is 0.432 bits per heavy atom. The summed E-state index contributed by atoms with van der Waals surface area (Å²) in [4.78, 5) is 0. The van der Waals surface area contributed by atoms with Crippen molar-refractivity contribution in [2.24, 2.45) is 0 Å². The fourth-order valence-electron chi connectivity index (χ4n) is 5.53. The molecule has 0 radical (unpaired) electrons. The van der Waals surface area contributed by atoms with E-state index in [2.05, 4.69) is 54.1 Å². The molecule has 0 aliphatic heterocycles. The van der Waals surface area contributed by atoms with Gasteiger partial charge in [-0.15, -0.1) is 0 Å². The Balaban J connectivity index is 3.66. The minimum atomic E-state index is -2.96. The summed E-state index contributed by atoms with van der Waals surface area (Å²) in [6.07, 6.45) is 47.1. The second-order valence-corrected chi connectivity index (χ2v) is 15.9. The first kappa shape index (κ1) is 44.1. The first-order valence-electron chi connectivity index (χ1n) is 19.4. The second kappa shape index (κ2) is 37.6. The second-order valence-electron chi connectivity index (χ2n) is 12.9. The van der Waals surface area contributed by atoms with Crippen LogP contribution in [0.4, 0.5) is 0 Å². The number of unbranched alkanes of at least 4 members (excludes halogenated alkanes) is 24. The maximum atomic E-state index is 13.2. The quantitative estimate of drug-likeness (QED) is 0.0280. The molecule has 0 aromatic carbocycles.